The number of hydrazine groups is 1. The Morgan fingerprint density at radius 1 is 1.47 bits per heavy atom. The average molecular weight is 213 g/mol. The highest BCUT2D eigenvalue weighted by Crippen LogP contribution is 2.01. The number of hydrogen-bond acceptors (Lipinski definition) is 2. The van der Waals surface area contributed by atoms with E-state index in [-0.39, 0.29) is 0 Å². The summed E-state index contributed by atoms with van der Waals surface area (Å²) in [4.78, 5) is 3.49. The van der Waals surface area contributed by atoms with Gasteiger partial charge in [-0.05, 0) is 13.3 Å². The van der Waals surface area contributed by atoms with Crippen molar-refractivity contribution < 1.29 is 0 Å². The maximum Gasteiger partial charge on any atom is 0.0960 e. The van der Waals surface area contributed by atoms with E-state index >= 15 is 0 Å². The van der Waals surface area contributed by atoms with Crippen LogP contribution < -0.4 is 11.3 Å². The molecule has 0 rings (SSSR count). The van der Waals surface area contributed by atoms with Gasteiger partial charge in [0.2, 0.25) is 0 Å². The molecule has 0 aromatic heterocycles. The summed E-state index contributed by atoms with van der Waals surface area (Å²) in [7, 11) is 1.64. The molecule has 0 spiro atoms. The third-order valence-electron chi connectivity index (χ3n) is 1.25. The molecule has 0 aromatic rings. The van der Waals surface area contributed by atoms with Gasteiger partial charge in [0.05, 0.1) is 6.34 Å². The molecule has 0 amide bonds. The molecule has 0 atom stereocenters. The molecule has 0 aromatic carbocycles. The van der Waals surface area contributed by atoms with Crippen molar-refractivity contribution in [2.24, 2.45) is 10.8 Å². The summed E-state index contributed by atoms with van der Waals surface area (Å²) in [6, 6.07) is 0. The minimum atomic E-state index is 1.20. The largest absolute Gasteiger partial charge is 0.315 e. The minimum Gasteiger partial charge on any atom is -0.315 e. The Morgan fingerprint density at radius 3 is 2.20 bits per heavy atom. The highest BCUT2D eigenvalue weighted by Gasteiger charge is 1.80. The fourth-order valence-electron chi connectivity index (χ4n) is 0.753. The zero-order valence-corrected chi connectivity index (χ0v) is 10.9. The molecule has 0 aliphatic carbocycles. The van der Waals surface area contributed by atoms with E-state index in [0.717, 1.165) is 0 Å². The summed E-state index contributed by atoms with van der Waals surface area (Å²) < 4.78 is 0. The average Bonchev–Trinajstić information content (AvgIpc) is 2.24. The quantitative estimate of drug-likeness (QED) is 0.248. The number of nitrogens with two attached hydrogens (primary N) is 1. The number of nitrogens with zero attached hydrogens (tertiary/aromatic N) is 1. The van der Waals surface area contributed by atoms with Crippen LogP contribution >= 0.6 is 0 Å². The van der Waals surface area contributed by atoms with Crippen LogP contribution in [0.2, 0.25) is 0 Å². The lowest BCUT2D eigenvalue weighted by atomic mass is 10.2. The highest BCUT2D eigenvalue weighted by molar-refractivity contribution is 5.52. The number of allylic oxidation sites excluding steroid dienone is 3. The normalized spacial score (nSPS) is 9.60. The van der Waals surface area contributed by atoms with Crippen LogP contribution in [0.15, 0.2) is 29.3 Å². The van der Waals surface area contributed by atoms with E-state index in [1.54, 1.807) is 7.05 Å². The fourth-order valence-corrected chi connectivity index (χ4v) is 0.753. The van der Waals surface area contributed by atoms with Crippen LogP contribution in [0.25, 0.3) is 0 Å². The lowest BCUT2D eigenvalue weighted by Crippen LogP contribution is -2.18. The van der Waals surface area contributed by atoms with Gasteiger partial charge in [0.1, 0.15) is 0 Å². The van der Waals surface area contributed by atoms with Gasteiger partial charge in [0.15, 0.2) is 0 Å². The second kappa shape index (κ2) is 23.1. The Labute approximate surface area is 95.1 Å². The molecule has 15 heavy (non-hydrogen) atoms. The van der Waals surface area contributed by atoms with Crippen LogP contribution in [0.4, 0.5) is 0 Å². The first-order chi connectivity index (χ1) is 7.22. The molecule has 0 aliphatic heterocycles. The predicted octanol–water partition coefficient (Wildman–Crippen LogP) is 3.05. The summed E-state index contributed by atoms with van der Waals surface area (Å²) in [5, 5.41) is 0. The molecule has 0 unspecified atom stereocenters. The first-order valence-corrected chi connectivity index (χ1v) is 5.37. The van der Waals surface area contributed by atoms with Crippen molar-refractivity contribution in [3.8, 4) is 0 Å². The lowest BCUT2D eigenvalue weighted by Gasteiger charge is -1.91. The Hall–Kier alpha value is -1.09. The molecule has 0 bridgehead atoms. The third-order valence-corrected chi connectivity index (χ3v) is 1.25. The van der Waals surface area contributed by atoms with E-state index in [4.69, 9.17) is 5.84 Å². The molecule has 3 nitrogen and oxygen atoms in total. The molecule has 0 saturated carbocycles. The molecule has 3 heteroatoms. The van der Waals surface area contributed by atoms with Crippen LogP contribution in [0, 0.1) is 0 Å². The van der Waals surface area contributed by atoms with Gasteiger partial charge in [0, 0.05) is 7.05 Å². The van der Waals surface area contributed by atoms with Gasteiger partial charge in [-0.25, -0.2) is 5.84 Å². The SMILES string of the molecule is C=C/C=C(/C)CCC.CC.CN=CNN. The molecular formula is C12H27N3. The number of hydrogen-bond donors (Lipinski definition) is 2. The van der Waals surface area contributed by atoms with Gasteiger partial charge in [-0.15, -0.1) is 0 Å². The van der Waals surface area contributed by atoms with Crippen molar-refractivity contribution in [2.45, 2.75) is 40.5 Å². The van der Waals surface area contributed by atoms with Gasteiger partial charge in [-0.3, -0.25) is 4.99 Å². The maximum absolute atomic E-state index is 4.74. The van der Waals surface area contributed by atoms with Crippen molar-refractivity contribution >= 4 is 6.34 Å². The lowest BCUT2D eigenvalue weighted by molar-refractivity contribution is 0.906. The minimum absolute atomic E-state index is 1.20. The number of rotatable bonds is 4. The highest BCUT2D eigenvalue weighted by atomic mass is 15.2. The summed E-state index contributed by atoms with van der Waals surface area (Å²) in [6.07, 6.45) is 7.73. The van der Waals surface area contributed by atoms with E-state index in [2.05, 4.69) is 36.9 Å². The Bertz CT molecular complexity index is 160. The Morgan fingerprint density at radius 2 is 2.00 bits per heavy atom. The molecule has 90 valence electrons. The molecule has 0 heterocycles. The van der Waals surface area contributed by atoms with Crippen LogP contribution in [-0.2, 0) is 0 Å². The molecule has 3 N–H and O–H groups in total. The smallest absolute Gasteiger partial charge is 0.0960 e. The first kappa shape index (κ1) is 19.5. The maximum atomic E-state index is 4.74. The van der Waals surface area contributed by atoms with Crippen molar-refractivity contribution in [1.29, 1.82) is 0 Å². The van der Waals surface area contributed by atoms with Crippen molar-refractivity contribution in [2.75, 3.05) is 7.05 Å². The van der Waals surface area contributed by atoms with E-state index in [0.29, 0.717) is 0 Å². The van der Waals surface area contributed by atoms with Crippen molar-refractivity contribution in [1.82, 2.24) is 5.43 Å². The number of aliphatic imine (C=N–C) groups is 1. The van der Waals surface area contributed by atoms with Gasteiger partial charge in [-0.2, -0.15) is 0 Å². The second-order valence-electron chi connectivity index (χ2n) is 2.55. The van der Waals surface area contributed by atoms with Gasteiger partial charge >= 0.3 is 0 Å². The molecule has 0 fully saturated rings. The molecule has 0 saturated heterocycles. The summed E-state index contributed by atoms with van der Waals surface area (Å²) in [5.74, 6) is 4.74. The topological polar surface area (TPSA) is 50.4 Å². The van der Waals surface area contributed by atoms with E-state index in [9.17, 15) is 0 Å². The predicted molar refractivity (Wildman–Crippen MR) is 71.9 cm³/mol. The van der Waals surface area contributed by atoms with Gasteiger partial charge < -0.3 is 5.43 Å². The number of nitrogens with one attached hydrogen (secondary N) is 1. The zero-order chi connectivity index (χ0) is 12.5. The molecule has 0 aliphatic rings. The van der Waals surface area contributed by atoms with E-state index in [1.807, 2.05) is 19.9 Å². The first-order valence-electron chi connectivity index (χ1n) is 5.37. The summed E-state index contributed by atoms with van der Waals surface area (Å²) >= 11 is 0. The standard InChI is InChI=1S/C8H14.C2H7N3.C2H6/c1-4-6-8(3)7-5-2;1-4-2-5-3;1-2/h4,6H,1,5,7H2,2-3H3;2H,3H2,1H3,(H,4,5);1-2H3/b8-6-;;. The molecule has 0 radical (unpaired) electrons. The third kappa shape index (κ3) is 32.2. The van der Waals surface area contributed by atoms with Crippen LogP contribution in [0.3, 0.4) is 0 Å². The van der Waals surface area contributed by atoms with Crippen LogP contribution in [0.5, 0.6) is 0 Å². The Balaban J connectivity index is -0.000000177. The molecular weight excluding hydrogens is 186 g/mol. The second-order valence-corrected chi connectivity index (χ2v) is 2.55. The Kier molecular flexibility index (Phi) is 30.0. The fraction of sp³-hybridized carbons (Fsp3) is 0.583. The van der Waals surface area contributed by atoms with Crippen molar-refractivity contribution in [3.05, 3.63) is 24.3 Å². The van der Waals surface area contributed by atoms with Gasteiger partial charge in [-0.1, -0.05) is 51.5 Å². The summed E-state index contributed by atoms with van der Waals surface area (Å²) in [6.45, 7) is 11.9. The van der Waals surface area contributed by atoms with E-state index < -0.39 is 0 Å². The van der Waals surface area contributed by atoms with Crippen LogP contribution in [-0.4, -0.2) is 13.4 Å². The van der Waals surface area contributed by atoms with E-state index in [1.165, 1.54) is 24.8 Å². The zero-order valence-electron chi connectivity index (χ0n) is 10.9. The summed E-state index contributed by atoms with van der Waals surface area (Å²) in [5.41, 5.74) is 3.64. The van der Waals surface area contributed by atoms with Crippen LogP contribution in [0.1, 0.15) is 40.5 Å². The van der Waals surface area contributed by atoms with Gasteiger partial charge in [0.25, 0.3) is 0 Å². The monoisotopic (exact) mass is 213 g/mol. The van der Waals surface area contributed by atoms with Crippen molar-refractivity contribution in [3.63, 3.8) is 0 Å².